The van der Waals surface area contributed by atoms with Crippen LogP contribution in [0.15, 0.2) is 30.3 Å². The van der Waals surface area contributed by atoms with Crippen LogP contribution in [0.4, 0.5) is 8.78 Å². The van der Waals surface area contributed by atoms with Gasteiger partial charge >= 0.3 is 5.97 Å². The molecule has 4 nitrogen and oxygen atoms in total. The zero-order chi connectivity index (χ0) is 13.9. The summed E-state index contributed by atoms with van der Waals surface area (Å²) >= 11 is 0. The van der Waals surface area contributed by atoms with Gasteiger partial charge in [0.05, 0.1) is 12.0 Å². The van der Waals surface area contributed by atoms with E-state index in [-0.39, 0.29) is 0 Å². The van der Waals surface area contributed by atoms with E-state index in [1.807, 2.05) is 0 Å². The lowest BCUT2D eigenvalue weighted by molar-refractivity contribution is -0.142. The van der Waals surface area contributed by atoms with Crippen molar-refractivity contribution >= 4 is 5.97 Å². The molecule has 2 atom stereocenters. The fourth-order valence-electron chi connectivity index (χ4n) is 1.79. The topological polar surface area (TPSA) is 44.8 Å². The third-order valence-corrected chi connectivity index (χ3v) is 2.86. The maximum atomic E-state index is 13.5. The minimum atomic E-state index is -3.06. The van der Waals surface area contributed by atoms with Crippen LogP contribution < -0.4 is 0 Å². The van der Waals surface area contributed by atoms with Crippen molar-refractivity contribution in [2.75, 3.05) is 13.7 Å². The molecule has 0 aromatic heterocycles. The molecule has 1 aromatic carbocycles. The normalized spacial score (nSPS) is 25.2. The van der Waals surface area contributed by atoms with E-state index >= 15 is 0 Å². The third-order valence-electron chi connectivity index (χ3n) is 2.86. The average Bonchev–Trinajstić information content (AvgIpc) is 2.71. The second-order valence-electron chi connectivity index (χ2n) is 4.22. The molecule has 1 heterocycles. The Morgan fingerprint density at radius 1 is 1.42 bits per heavy atom. The molecule has 1 aliphatic rings. The molecule has 0 radical (unpaired) electrons. The van der Waals surface area contributed by atoms with Crippen molar-refractivity contribution in [3.63, 3.8) is 0 Å². The smallest absolute Gasteiger partial charge is 0.338 e. The van der Waals surface area contributed by atoms with Gasteiger partial charge in [-0.15, -0.1) is 0 Å². The van der Waals surface area contributed by atoms with Crippen LogP contribution in [-0.2, 0) is 14.2 Å². The summed E-state index contributed by atoms with van der Waals surface area (Å²) in [7, 11) is 1.29. The van der Waals surface area contributed by atoms with Crippen LogP contribution in [0, 0.1) is 0 Å². The maximum Gasteiger partial charge on any atom is 0.338 e. The van der Waals surface area contributed by atoms with E-state index < -0.39 is 37.3 Å². The Hall–Kier alpha value is -1.53. The molecule has 0 saturated carbocycles. The number of benzene rings is 1. The highest BCUT2D eigenvalue weighted by molar-refractivity contribution is 5.89. The zero-order valence-electron chi connectivity index (χ0n) is 10.3. The van der Waals surface area contributed by atoms with Crippen molar-refractivity contribution in [3.8, 4) is 0 Å². The second-order valence-corrected chi connectivity index (χ2v) is 4.22. The predicted octanol–water partition coefficient (Wildman–Crippen LogP) is 2.24. The molecular formula is C13H14F2O4. The Balaban J connectivity index is 1.91. The van der Waals surface area contributed by atoms with Gasteiger partial charge in [-0.25, -0.2) is 13.6 Å². The molecule has 0 amide bonds. The second kappa shape index (κ2) is 5.63. The molecule has 0 N–H and O–H groups in total. The number of hydrogen-bond donors (Lipinski definition) is 0. The van der Waals surface area contributed by atoms with Gasteiger partial charge in [0, 0.05) is 7.11 Å². The number of halogens is 2. The number of methoxy groups -OCH3 is 1. The van der Waals surface area contributed by atoms with Gasteiger partial charge in [-0.05, 0) is 12.1 Å². The fourth-order valence-corrected chi connectivity index (χ4v) is 1.79. The standard InChI is InChI=1S/C13H14F2O4/c1-17-11-7-13(14,15)10(19-11)8-18-12(16)9-5-3-2-4-6-9/h2-6,10-11H,7-8H2,1H3/t10-,11+/m1/s1. The number of carbonyl (C=O) groups excluding carboxylic acids is 1. The minimum Gasteiger partial charge on any atom is -0.459 e. The molecule has 1 aromatic rings. The molecule has 0 unspecified atom stereocenters. The SMILES string of the molecule is CO[C@@H]1CC(F)(F)[C@@H](COC(=O)c2ccccc2)O1. The number of hydrogen-bond acceptors (Lipinski definition) is 4. The zero-order valence-corrected chi connectivity index (χ0v) is 10.3. The van der Waals surface area contributed by atoms with Gasteiger partial charge in [0.1, 0.15) is 6.61 Å². The van der Waals surface area contributed by atoms with Gasteiger partial charge in [0.15, 0.2) is 12.4 Å². The summed E-state index contributed by atoms with van der Waals surface area (Å²) in [5.41, 5.74) is 0.312. The number of carbonyl (C=O) groups is 1. The molecular weight excluding hydrogens is 258 g/mol. The summed E-state index contributed by atoms with van der Waals surface area (Å²) in [6, 6.07) is 8.17. The van der Waals surface area contributed by atoms with E-state index in [1.165, 1.54) is 7.11 Å². The summed E-state index contributed by atoms with van der Waals surface area (Å²) in [6.45, 7) is -0.499. The van der Waals surface area contributed by atoms with Crippen LogP contribution in [0.25, 0.3) is 0 Å². The summed E-state index contributed by atoms with van der Waals surface area (Å²) < 4.78 is 41.5. The summed E-state index contributed by atoms with van der Waals surface area (Å²) in [5.74, 6) is -3.71. The lowest BCUT2D eigenvalue weighted by Gasteiger charge is -2.17. The quantitative estimate of drug-likeness (QED) is 0.788. The summed E-state index contributed by atoms with van der Waals surface area (Å²) in [4.78, 5) is 11.6. The first kappa shape index (κ1) is 13.9. The largest absolute Gasteiger partial charge is 0.459 e. The highest BCUT2D eigenvalue weighted by Gasteiger charge is 2.51. The number of rotatable bonds is 4. The van der Waals surface area contributed by atoms with Crippen LogP contribution in [0.3, 0.4) is 0 Å². The Bertz CT molecular complexity index is 436. The number of ether oxygens (including phenoxy) is 3. The minimum absolute atomic E-state index is 0.312. The van der Waals surface area contributed by atoms with Gasteiger partial charge in [0.2, 0.25) is 0 Å². The van der Waals surface area contributed by atoms with E-state index in [9.17, 15) is 13.6 Å². The third kappa shape index (κ3) is 3.27. The molecule has 1 aliphatic heterocycles. The van der Waals surface area contributed by atoms with Gasteiger partial charge in [-0.1, -0.05) is 18.2 Å². The molecule has 1 fully saturated rings. The Morgan fingerprint density at radius 2 is 2.11 bits per heavy atom. The van der Waals surface area contributed by atoms with Gasteiger partial charge in [-0.3, -0.25) is 0 Å². The highest BCUT2D eigenvalue weighted by atomic mass is 19.3. The molecule has 1 saturated heterocycles. The van der Waals surface area contributed by atoms with E-state index in [1.54, 1.807) is 30.3 Å². The van der Waals surface area contributed by atoms with Crippen LogP contribution >= 0.6 is 0 Å². The average molecular weight is 272 g/mol. The molecule has 104 valence electrons. The van der Waals surface area contributed by atoms with Crippen LogP contribution in [0.1, 0.15) is 16.8 Å². The number of alkyl halides is 2. The van der Waals surface area contributed by atoms with Crippen molar-refractivity contribution in [2.24, 2.45) is 0 Å². The van der Waals surface area contributed by atoms with Crippen molar-refractivity contribution in [1.29, 1.82) is 0 Å². The van der Waals surface area contributed by atoms with E-state index in [0.29, 0.717) is 5.56 Å². The summed E-state index contributed by atoms with van der Waals surface area (Å²) in [6.07, 6.45) is -2.96. The van der Waals surface area contributed by atoms with E-state index in [0.717, 1.165) is 0 Å². The van der Waals surface area contributed by atoms with Gasteiger partial charge < -0.3 is 14.2 Å². The van der Waals surface area contributed by atoms with E-state index in [2.05, 4.69) is 0 Å². The van der Waals surface area contributed by atoms with Crippen molar-refractivity contribution in [2.45, 2.75) is 24.7 Å². The molecule has 0 aliphatic carbocycles. The Morgan fingerprint density at radius 3 is 2.68 bits per heavy atom. The molecule has 6 heteroatoms. The summed E-state index contributed by atoms with van der Waals surface area (Å²) in [5, 5.41) is 0. The van der Waals surface area contributed by atoms with E-state index in [4.69, 9.17) is 14.2 Å². The van der Waals surface area contributed by atoms with Crippen molar-refractivity contribution in [3.05, 3.63) is 35.9 Å². The first-order valence-corrected chi connectivity index (χ1v) is 5.81. The van der Waals surface area contributed by atoms with Crippen molar-refractivity contribution in [1.82, 2.24) is 0 Å². The fraction of sp³-hybridized carbons (Fsp3) is 0.462. The Kier molecular flexibility index (Phi) is 4.11. The predicted molar refractivity (Wildman–Crippen MR) is 62.0 cm³/mol. The van der Waals surface area contributed by atoms with Crippen LogP contribution in [0.5, 0.6) is 0 Å². The molecule has 19 heavy (non-hydrogen) atoms. The first-order chi connectivity index (χ1) is 9.03. The van der Waals surface area contributed by atoms with Crippen LogP contribution in [-0.4, -0.2) is 38.0 Å². The highest BCUT2D eigenvalue weighted by Crippen LogP contribution is 2.36. The van der Waals surface area contributed by atoms with Crippen molar-refractivity contribution < 1.29 is 27.8 Å². The molecule has 0 bridgehead atoms. The Labute approximate surface area is 109 Å². The monoisotopic (exact) mass is 272 g/mol. The van der Waals surface area contributed by atoms with Crippen LogP contribution in [0.2, 0.25) is 0 Å². The lowest BCUT2D eigenvalue weighted by Crippen LogP contribution is -2.33. The first-order valence-electron chi connectivity index (χ1n) is 5.81. The van der Waals surface area contributed by atoms with Gasteiger partial charge in [0.25, 0.3) is 5.92 Å². The molecule has 2 rings (SSSR count). The van der Waals surface area contributed by atoms with Gasteiger partial charge in [-0.2, -0.15) is 0 Å². The maximum absolute atomic E-state index is 13.5. The number of esters is 1. The lowest BCUT2D eigenvalue weighted by atomic mass is 10.2. The molecule has 0 spiro atoms.